The second kappa shape index (κ2) is 14.3. The molecule has 0 saturated carbocycles. The van der Waals surface area contributed by atoms with Crippen molar-refractivity contribution in [2.75, 3.05) is 23.7 Å². The number of hydrogen-bond donors (Lipinski definition) is 1. The fourth-order valence-corrected chi connectivity index (χ4v) is 5.43. The highest BCUT2D eigenvalue weighted by Crippen LogP contribution is 2.37. The highest BCUT2D eigenvalue weighted by molar-refractivity contribution is 7.92. The highest BCUT2D eigenvalue weighted by atomic mass is 35.5. The van der Waals surface area contributed by atoms with Crippen LogP contribution in [0.25, 0.3) is 0 Å². The van der Waals surface area contributed by atoms with Crippen molar-refractivity contribution in [3.05, 3.63) is 100 Å². The number of hydrogen-bond acceptors (Lipinski definition) is 4. The van der Waals surface area contributed by atoms with Crippen molar-refractivity contribution in [1.29, 1.82) is 0 Å². The van der Waals surface area contributed by atoms with Crippen LogP contribution < -0.4 is 9.62 Å². The summed E-state index contributed by atoms with van der Waals surface area (Å²) in [5.41, 5.74) is 0.807. The maximum absolute atomic E-state index is 14.1. The van der Waals surface area contributed by atoms with Gasteiger partial charge in [-0.15, -0.1) is 0 Å². The molecule has 0 aliphatic carbocycles. The minimum absolute atomic E-state index is 0.0439. The summed E-state index contributed by atoms with van der Waals surface area (Å²) in [7, 11) is -4.25. The van der Waals surface area contributed by atoms with Gasteiger partial charge in [-0.2, -0.15) is 13.2 Å². The van der Waals surface area contributed by atoms with Gasteiger partial charge in [-0.25, -0.2) is 8.42 Å². The van der Waals surface area contributed by atoms with E-state index in [2.05, 4.69) is 5.32 Å². The minimum atomic E-state index is -4.85. The third-order valence-electron chi connectivity index (χ3n) is 6.65. The Labute approximate surface area is 255 Å². The third-order valence-corrected chi connectivity index (χ3v) is 8.12. The fourth-order valence-electron chi connectivity index (χ4n) is 4.37. The zero-order valence-corrected chi connectivity index (χ0v) is 25.9. The molecule has 3 rings (SSSR count). The first-order valence-electron chi connectivity index (χ1n) is 13.6. The van der Waals surface area contributed by atoms with Crippen molar-refractivity contribution in [2.45, 2.75) is 46.0 Å². The van der Waals surface area contributed by atoms with Crippen LogP contribution in [0, 0.1) is 12.8 Å². The Morgan fingerprint density at radius 2 is 1.58 bits per heavy atom. The van der Waals surface area contributed by atoms with Gasteiger partial charge in [-0.1, -0.05) is 85.6 Å². The predicted octanol–water partition coefficient (Wildman–Crippen LogP) is 5.85. The number of sulfonamides is 1. The van der Waals surface area contributed by atoms with Gasteiger partial charge in [0, 0.05) is 19.5 Å². The molecule has 1 atom stereocenters. The number of carbonyl (C=O) groups is 2. The molecule has 1 unspecified atom stereocenters. The second-order valence-electron chi connectivity index (χ2n) is 10.8. The van der Waals surface area contributed by atoms with Crippen LogP contribution in [0.5, 0.6) is 0 Å². The van der Waals surface area contributed by atoms with Gasteiger partial charge in [-0.3, -0.25) is 13.9 Å². The summed E-state index contributed by atoms with van der Waals surface area (Å²) < 4.78 is 67.2. The number of carbonyl (C=O) groups excluding carboxylic acids is 2. The van der Waals surface area contributed by atoms with Gasteiger partial charge in [0.2, 0.25) is 21.8 Å². The quantitative estimate of drug-likeness (QED) is 0.270. The van der Waals surface area contributed by atoms with E-state index in [0.717, 1.165) is 29.5 Å². The molecule has 0 saturated heterocycles. The van der Waals surface area contributed by atoms with Crippen molar-refractivity contribution in [2.24, 2.45) is 5.92 Å². The maximum Gasteiger partial charge on any atom is 0.417 e. The molecule has 0 aliphatic heterocycles. The van der Waals surface area contributed by atoms with E-state index in [1.807, 2.05) is 51.1 Å². The summed E-state index contributed by atoms with van der Waals surface area (Å²) in [4.78, 5) is 29.0. The van der Waals surface area contributed by atoms with E-state index >= 15 is 0 Å². The monoisotopic (exact) mass is 637 g/mol. The largest absolute Gasteiger partial charge is 0.417 e. The Kier molecular flexibility index (Phi) is 11.3. The van der Waals surface area contributed by atoms with Gasteiger partial charge in [0.15, 0.2) is 0 Å². The maximum atomic E-state index is 14.1. The van der Waals surface area contributed by atoms with Crippen molar-refractivity contribution in [1.82, 2.24) is 10.2 Å². The second-order valence-corrected chi connectivity index (χ2v) is 13.1. The molecule has 12 heteroatoms. The molecule has 2 amide bonds. The van der Waals surface area contributed by atoms with Gasteiger partial charge in [0.05, 0.1) is 22.5 Å². The van der Waals surface area contributed by atoms with Crippen molar-refractivity contribution < 1.29 is 31.2 Å². The van der Waals surface area contributed by atoms with Crippen LogP contribution in [0.1, 0.15) is 36.1 Å². The number of amides is 2. The molecular formula is C31H35ClF3N3O4S. The first-order chi connectivity index (χ1) is 20.1. The first-order valence-corrected chi connectivity index (χ1v) is 15.8. The lowest BCUT2D eigenvalue weighted by atomic mass is 10.0. The van der Waals surface area contributed by atoms with Gasteiger partial charge < -0.3 is 10.2 Å². The summed E-state index contributed by atoms with van der Waals surface area (Å²) in [6.07, 6.45) is -3.93. The molecule has 0 fully saturated rings. The Morgan fingerprint density at radius 1 is 0.953 bits per heavy atom. The van der Waals surface area contributed by atoms with Crippen LogP contribution >= 0.6 is 11.6 Å². The van der Waals surface area contributed by atoms with Crippen LogP contribution in [-0.4, -0.2) is 50.5 Å². The smallest absolute Gasteiger partial charge is 0.354 e. The van der Waals surface area contributed by atoms with Crippen molar-refractivity contribution >= 4 is 39.1 Å². The van der Waals surface area contributed by atoms with Crippen molar-refractivity contribution in [3.8, 4) is 0 Å². The zero-order valence-electron chi connectivity index (χ0n) is 24.4. The van der Waals surface area contributed by atoms with E-state index < -0.39 is 51.2 Å². The molecule has 0 aromatic heterocycles. The highest BCUT2D eigenvalue weighted by Gasteiger charge is 2.36. The minimum Gasteiger partial charge on any atom is -0.354 e. The van der Waals surface area contributed by atoms with E-state index in [9.17, 15) is 31.2 Å². The average Bonchev–Trinajstić information content (AvgIpc) is 2.93. The first kappa shape index (κ1) is 33.9. The number of nitrogens with one attached hydrogen (secondary N) is 1. The number of aryl methyl sites for hydroxylation is 1. The summed E-state index contributed by atoms with van der Waals surface area (Å²) in [5.74, 6) is -1.08. The molecule has 0 spiro atoms. The van der Waals surface area contributed by atoms with Crippen LogP contribution in [0.3, 0.4) is 0 Å². The lowest BCUT2D eigenvalue weighted by Gasteiger charge is -2.33. The van der Waals surface area contributed by atoms with E-state index in [0.29, 0.717) is 22.5 Å². The summed E-state index contributed by atoms with van der Waals surface area (Å²) in [6, 6.07) is 17.9. The van der Waals surface area contributed by atoms with E-state index in [-0.39, 0.29) is 24.6 Å². The summed E-state index contributed by atoms with van der Waals surface area (Å²) >= 11 is 5.76. The Bertz CT molecular complexity index is 1520. The standard InChI is InChI=1S/C31H35ClF3N3O4S/c1-21(2)18-36-30(40)28(16-23-8-6-5-7-9-23)37(19-24-12-10-22(3)11-13-24)29(39)20-38(43(4,41)42)25-14-15-27(32)26(17-25)31(33,34)35/h5-15,17,21,28H,16,18-20H2,1-4H3,(H,36,40). The predicted molar refractivity (Wildman–Crippen MR) is 162 cm³/mol. The molecule has 0 heterocycles. The summed E-state index contributed by atoms with van der Waals surface area (Å²) in [6.45, 7) is 5.21. The lowest BCUT2D eigenvalue weighted by molar-refractivity contribution is -0.140. The number of benzene rings is 3. The van der Waals surface area contributed by atoms with Gasteiger partial charge in [0.1, 0.15) is 12.6 Å². The number of halogens is 4. The number of alkyl halides is 3. The molecule has 0 aliphatic rings. The van der Waals surface area contributed by atoms with Crippen LogP contribution in [0.15, 0.2) is 72.8 Å². The molecule has 0 bridgehead atoms. The Balaban J connectivity index is 2.09. The Hall–Kier alpha value is -3.57. The normalized spacial score (nSPS) is 12.6. The average molecular weight is 638 g/mol. The summed E-state index contributed by atoms with van der Waals surface area (Å²) in [5, 5.41) is 2.26. The molecule has 3 aromatic rings. The van der Waals surface area contributed by atoms with Gasteiger partial charge in [0.25, 0.3) is 0 Å². The van der Waals surface area contributed by atoms with E-state index in [1.54, 1.807) is 24.3 Å². The molecule has 1 N–H and O–H groups in total. The molecule has 3 aromatic carbocycles. The van der Waals surface area contributed by atoms with E-state index in [4.69, 9.17) is 11.6 Å². The van der Waals surface area contributed by atoms with Crippen LogP contribution in [0.4, 0.5) is 18.9 Å². The SMILES string of the molecule is Cc1ccc(CN(C(=O)CN(c2ccc(Cl)c(C(F)(F)F)c2)S(C)(=O)=O)C(Cc2ccccc2)C(=O)NCC(C)C)cc1. The fraction of sp³-hybridized carbons (Fsp3) is 0.355. The number of rotatable bonds is 12. The number of anilines is 1. The van der Waals surface area contributed by atoms with Gasteiger partial charge in [-0.05, 0) is 42.2 Å². The molecular weight excluding hydrogens is 603 g/mol. The molecule has 232 valence electrons. The van der Waals surface area contributed by atoms with Crippen LogP contribution in [0.2, 0.25) is 5.02 Å². The molecule has 7 nitrogen and oxygen atoms in total. The zero-order chi connectivity index (χ0) is 31.9. The van der Waals surface area contributed by atoms with Crippen LogP contribution in [-0.2, 0) is 38.8 Å². The Morgan fingerprint density at radius 3 is 2.14 bits per heavy atom. The lowest BCUT2D eigenvalue weighted by Crippen LogP contribution is -2.53. The molecule has 43 heavy (non-hydrogen) atoms. The van der Waals surface area contributed by atoms with E-state index in [1.165, 1.54) is 4.90 Å². The topological polar surface area (TPSA) is 86.8 Å². The molecule has 0 radical (unpaired) electrons. The van der Waals surface area contributed by atoms with Crippen molar-refractivity contribution in [3.63, 3.8) is 0 Å². The third kappa shape index (κ3) is 9.72. The van der Waals surface area contributed by atoms with Gasteiger partial charge >= 0.3 is 6.18 Å². The number of nitrogens with zero attached hydrogens (tertiary/aromatic N) is 2.